The Labute approximate surface area is 171 Å². The van der Waals surface area contributed by atoms with Crippen LogP contribution in [0.1, 0.15) is 18.1 Å². The van der Waals surface area contributed by atoms with Crippen molar-refractivity contribution in [1.82, 2.24) is 10.2 Å². The Balaban J connectivity index is 1.69. The number of ether oxygens (including phenoxy) is 2. The number of likely N-dealkylation sites (N-methyl/N-ethyl adjacent to an activating group) is 1. The number of amides is 1. The standard InChI is InChI=1S/C22H29FN2O4/c1-3-25(14-22(27)24-12-17-7-9-19(23)10-8-17)13-20(26)16-29-15-18-5-4-6-21(11-18)28-2/h4-11,20,26H,3,12-16H2,1-2H3,(H,24,27)/t20-/m0/s1. The van der Waals surface area contributed by atoms with Crippen LogP contribution in [-0.2, 0) is 22.7 Å². The molecular weight excluding hydrogens is 375 g/mol. The molecule has 0 heterocycles. The second-order valence-electron chi connectivity index (χ2n) is 6.75. The van der Waals surface area contributed by atoms with Gasteiger partial charge < -0.3 is 19.9 Å². The number of hydrogen-bond acceptors (Lipinski definition) is 5. The largest absolute Gasteiger partial charge is 0.497 e. The van der Waals surface area contributed by atoms with Gasteiger partial charge in [0.15, 0.2) is 0 Å². The monoisotopic (exact) mass is 404 g/mol. The molecule has 1 amide bonds. The number of aliphatic hydroxyl groups excluding tert-OH is 1. The summed E-state index contributed by atoms with van der Waals surface area (Å²) in [6, 6.07) is 13.6. The van der Waals surface area contributed by atoms with Crippen molar-refractivity contribution in [3.05, 3.63) is 65.5 Å². The lowest BCUT2D eigenvalue weighted by Crippen LogP contribution is -2.41. The SMILES string of the molecule is CCN(CC(=O)NCc1ccc(F)cc1)C[C@H](O)COCc1cccc(OC)c1. The molecular formula is C22H29FN2O4. The van der Waals surface area contributed by atoms with Gasteiger partial charge in [-0.3, -0.25) is 9.69 Å². The van der Waals surface area contributed by atoms with Crippen molar-refractivity contribution in [2.45, 2.75) is 26.2 Å². The number of rotatable bonds is 12. The molecule has 2 N–H and O–H groups in total. The van der Waals surface area contributed by atoms with Crippen molar-refractivity contribution in [3.8, 4) is 5.75 Å². The fourth-order valence-corrected chi connectivity index (χ4v) is 2.79. The molecule has 0 saturated heterocycles. The van der Waals surface area contributed by atoms with E-state index in [9.17, 15) is 14.3 Å². The number of nitrogens with zero attached hydrogens (tertiary/aromatic N) is 1. The first-order chi connectivity index (χ1) is 14.0. The summed E-state index contributed by atoms with van der Waals surface area (Å²) in [5.41, 5.74) is 1.79. The predicted octanol–water partition coefficient (Wildman–Crippen LogP) is 2.35. The molecule has 0 aliphatic heterocycles. The number of methoxy groups -OCH3 is 1. The molecule has 0 aromatic heterocycles. The minimum Gasteiger partial charge on any atom is -0.497 e. The Kier molecular flexibility index (Phi) is 9.56. The lowest BCUT2D eigenvalue weighted by Gasteiger charge is -2.23. The van der Waals surface area contributed by atoms with Crippen molar-refractivity contribution >= 4 is 5.91 Å². The van der Waals surface area contributed by atoms with Gasteiger partial charge in [-0.1, -0.05) is 31.2 Å². The van der Waals surface area contributed by atoms with Crippen molar-refractivity contribution < 1.29 is 23.8 Å². The van der Waals surface area contributed by atoms with Crippen LogP contribution < -0.4 is 10.1 Å². The average molecular weight is 404 g/mol. The van der Waals surface area contributed by atoms with E-state index in [0.29, 0.717) is 26.2 Å². The molecule has 2 aromatic carbocycles. The minimum atomic E-state index is -0.703. The van der Waals surface area contributed by atoms with Crippen molar-refractivity contribution in [2.24, 2.45) is 0 Å². The van der Waals surface area contributed by atoms with Gasteiger partial charge >= 0.3 is 0 Å². The van der Waals surface area contributed by atoms with E-state index in [1.54, 1.807) is 19.2 Å². The number of carbonyl (C=O) groups excluding carboxylic acids is 1. The summed E-state index contributed by atoms with van der Waals surface area (Å²) in [4.78, 5) is 14.0. The normalized spacial score (nSPS) is 12.0. The quantitative estimate of drug-likeness (QED) is 0.568. The van der Waals surface area contributed by atoms with E-state index >= 15 is 0 Å². The Hall–Kier alpha value is -2.48. The second-order valence-corrected chi connectivity index (χ2v) is 6.75. The van der Waals surface area contributed by atoms with Crippen molar-refractivity contribution in [3.63, 3.8) is 0 Å². The van der Waals surface area contributed by atoms with Gasteiger partial charge in [-0.25, -0.2) is 4.39 Å². The summed E-state index contributed by atoms with van der Waals surface area (Å²) in [6.45, 7) is 3.93. The first-order valence-electron chi connectivity index (χ1n) is 9.62. The van der Waals surface area contributed by atoms with Gasteiger partial charge in [0.05, 0.1) is 33.0 Å². The van der Waals surface area contributed by atoms with Gasteiger partial charge in [-0.15, -0.1) is 0 Å². The maximum Gasteiger partial charge on any atom is 0.234 e. The van der Waals surface area contributed by atoms with E-state index in [-0.39, 0.29) is 24.9 Å². The lowest BCUT2D eigenvalue weighted by molar-refractivity contribution is -0.122. The molecule has 0 radical (unpaired) electrons. The number of hydrogen-bond donors (Lipinski definition) is 2. The van der Waals surface area contributed by atoms with Crippen LogP contribution in [-0.4, -0.2) is 55.4 Å². The third-order valence-corrected chi connectivity index (χ3v) is 4.40. The number of benzene rings is 2. The summed E-state index contributed by atoms with van der Waals surface area (Å²) in [6.07, 6.45) is -0.703. The highest BCUT2D eigenvalue weighted by Gasteiger charge is 2.14. The van der Waals surface area contributed by atoms with Gasteiger partial charge in [0, 0.05) is 13.1 Å². The molecule has 2 rings (SSSR count). The molecule has 0 aliphatic rings. The summed E-state index contributed by atoms with van der Waals surface area (Å²) in [7, 11) is 1.61. The molecule has 6 nitrogen and oxygen atoms in total. The maximum absolute atomic E-state index is 12.9. The summed E-state index contributed by atoms with van der Waals surface area (Å²) in [5.74, 6) is 0.302. The van der Waals surface area contributed by atoms with E-state index in [4.69, 9.17) is 9.47 Å². The van der Waals surface area contributed by atoms with Crippen LogP contribution in [0.5, 0.6) is 5.75 Å². The van der Waals surface area contributed by atoms with Crippen LogP contribution in [0.25, 0.3) is 0 Å². The van der Waals surface area contributed by atoms with Crippen LogP contribution in [0.15, 0.2) is 48.5 Å². The molecule has 0 bridgehead atoms. The van der Waals surface area contributed by atoms with Gasteiger partial charge in [-0.2, -0.15) is 0 Å². The summed E-state index contributed by atoms with van der Waals surface area (Å²) >= 11 is 0. The molecule has 7 heteroatoms. The van der Waals surface area contributed by atoms with Gasteiger partial charge in [0.25, 0.3) is 0 Å². The zero-order valence-corrected chi connectivity index (χ0v) is 16.9. The summed E-state index contributed by atoms with van der Waals surface area (Å²) in [5, 5.41) is 13.0. The fourth-order valence-electron chi connectivity index (χ4n) is 2.79. The third-order valence-electron chi connectivity index (χ3n) is 4.40. The Morgan fingerprint density at radius 2 is 1.97 bits per heavy atom. The zero-order valence-electron chi connectivity index (χ0n) is 16.9. The molecule has 29 heavy (non-hydrogen) atoms. The molecule has 0 unspecified atom stereocenters. The number of aliphatic hydroxyl groups is 1. The van der Waals surface area contributed by atoms with Crippen LogP contribution in [0.4, 0.5) is 4.39 Å². The minimum absolute atomic E-state index is 0.152. The Morgan fingerprint density at radius 1 is 1.21 bits per heavy atom. The number of halogens is 1. The van der Waals surface area contributed by atoms with Crippen LogP contribution in [0.3, 0.4) is 0 Å². The van der Waals surface area contributed by atoms with Gasteiger partial charge in [0.2, 0.25) is 5.91 Å². The van der Waals surface area contributed by atoms with Crippen LogP contribution in [0.2, 0.25) is 0 Å². The smallest absolute Gasteiger partial charge is 0.234 e. The fraction of sp³-hybridized carbons (Fsp3) is 0.409. The maximum atomic E-state index is 12.9. The highest BCUT2D eigenvalue weighted by molar-refractivity contribution is 5.78. The Morgan fingerprint density at radius 3 is 2.66 bits per heavy atom. The molecule has 2 aromatic rings. The molecule has 0 spiro atoms. The first kappa shape index (κ1) is 22.8. The topological polar surface area (TPSA) is 71.0 Å². The predicted molar refractivity (Wildman–Crippen MR) is 109 cm³/mol. The highest BCUT2D eigenvalue weighted by atomic mass is 19.1. The highest BCUT2D eigenvalue weighted by Crippen LogP contribution is 2.13. The first-order valence-corrected chi connectivity index (χ1v) is 9.62. The second kappa shape index (κ2) is 12.2. The van der Waals surface area contributed by atoms with E-state index in [2.05, 4.69) is 5.32 Å². The molecule has 0 saturated carbocycles. The lowest BCUT2D eigenvalue weighted by atomic mass is 10.2. The van der Waals surface area contributed by atoms with E-state index < -0.39 is 6.10 Å². The molecule has 0 fully saturated rings. The molecule has 158 valence electrons. The van der Waals surface area contributed by atoms with E-state index in [1.807, 2.05) is 36.1 Å². The van der Waals surface area contributed by atoms with Crippen molar-refractivity contribution in [2.75, 3.05) is 33.4 Å². The van der Waals surface area contributed by atoms with Gasteiger partial charge in [-0.05, 0) is 41.9 Å². The third kappa shape index (κ3) is 8.60. The van der Waals surface area contributed by atoms with Gasteiger partial charge in [0.1, 0.15) is 11.6 Å². The summed E-state index contributed by atoms with van der Waals surface area (Å²) < 4.78 is 23.7. The van der Waals surface area contributed by atoms with Crippen LogP contribution >= 0.6 is 0 Å². The van der Waals surface area contributed by atoms with E-state index in [0.717, 1.165) is 16.9 Å². The van der Waals surface area contributed by atoms with Crippen molar-refractivity contribution in [1.29, 1.82) is 0 Å². The molecule has 1 atom stereocenters. The average Bonchev–Trinajstić information content (AvgIpc) is 2.73. The number of nitrogens with one attached hydrogen (secondary N) is 1. The van der Waals surface area contributed by atoms with Crippen LogP contribution in [0, 0.1) is 5.82 Å². The number of carbonyl (C=O) groups is 1. The van der Waals surface area contributed by atoms with E-state index in [1.165, 1.54) is 12.1 Å². The Bertz CT molecular complexity index is 755. The zero-order chi connectivity index (χ0) is 21.1. The molecule has 0 aliphatic carbocycles.